The molecule has 0 aliphatic carbocycles. The Morgan fingerprint density at radius 1 is 0.850 bits per heavy atom. The second-order valence-corrected chi connectivity index (χ2v) is 6.57. The molecule has 0 spiro atoms. The Hall–Kier alpha value is -1.76. The van der Waals surface area contributed by atoms with Gasteiger partial charge in [-0.1, -0.05) is 65.0 Å². The van der Waals surface area contributed by atoms with Crippen LogP contribution in [-0.4, -0.2) is 0 Å². The summed E-state index contributed by atoms with van der Waals surface area (Å²) < 4.78 is 6.04. The van der Waals surface area contributed by atoms with Crippen LogP contribution < -0.4 is 4.74 Å². The van der Waals surface area contributed by atoms with Gasteiger partial charge >= 0.3 is 0 Å². The fourth-order valence-electron chi connectivity index (χ4n) is 2.20. The van der Waals surface area contributed by atoms with Gasteiger partial charge in [0.1, 0.15) is 11.5 Å². The van der Waals surface area contributed by atoms with Crippen molar-refractivity contribution >= 4 is 0 Å². The summed E-state index contributed by atoms with van der Waals surface area (Å²) in [7, 11) is 0. The van der Waals surface area contributed by atoms with E-state index in [9.17, 15) is 0 Å². The highest BCUT2D eigenvalue weighted by Gasteiger charge is 2.13. The molecule has 0 N–H and O–H groups in total. The molecule has 0 amide bonds. The lowest BCUT2D eigenvalue weighted by Crippen LogP contribution is -2.10. The second-order valence-electron chi connectivity index (χ2n) is 6.57. The molecule has 20 heavy (non-hydrogen) atoms. The van der Waals surface area contributed by atoms with E-state index in [4.69, 9.17) is 4.74 Å². The highest BCUT2D eigenvalue weighted by molar-refractivity contribution is 5.40. The summed E-state index contributed by atoms with van der Waals surface area (Å²) in [6, 6.07) is 16.6. The Kier molecular flexibility index (Phi) is 4.17. The predicted molar refractivity (Wildman–Crippen MR) is 85.7 cm³/mol. The van der Waals surface area contributed by atoms with Crippen molar-refractivity contribution in [2.45, 2.75) is 46.0 Å². The molecule has 0 fully saturated rings. The molecule has 2 aromatic rings. The van der Waals surface area contributed by atoms with E-state index in [1.807, 2.05) is 12.1 Å². The highest BCUT2D eigenvalue weighted by atomic mass is 16.5. The van der Waals surface area contributed by atoms with Crippen LogP contribution in [0.15, 0.2) is 48.5 Å². The standard InChI is InChI=1S/C19H24O/c1-14(2)17-8-6-7-9-18(17)20-16-12-10-15(11-13-16)19(3,4)5/h6-14H,1-5H3. The first-order valence-corrected chi connectivity index (χ1v) is 7.25. The Labute approximate surface area is 122 Å². The highest BCUT2D eigenvalue weighted by Crippen LogP contribution is 2.31. The number of hydrogen-bond acceptors (Lipinski definition) is 1. The molecule has 2 rings (SSSR count). The molecule has 0 bridgehead atoms. The maximum atomic E-state index is 6.04. The lowest BCUT2D eigenvalue weighted by Gasteiger charge is -2.19. The largest absolute Gasteiger partial charge is 0.457 e. The summed E-state index contributed by atoms with van der Waals surface area (Å²) in [5, 5.41) is 0. The zero-order valence-corrected chi connectivity index (χ0v) is 13.1. The van der Waals surface area contributed by atoms with Crippen molar-refractivity contribution in [3.8, 4) is 11.5 Å². The van der Waals surface area contributed by atoms with E-state index in [1.165, 1.54) is 11.1 Å². The van der Waals surface area contributed by atoms with Gasteiger partial charge in [-0.15, -0.1) is 0 Å². The van der Waals surface area contributed by atoms with Crippen LogP contribution in [-0.2, 0) is 5.41 Å². The van der Waals surface area contributed by atoms with Gasteiger partial charge in [0.25, 0.3) is 0 Å². The number of para-hydroxylation sites is 1. The zero-order valence-electron chi connectivity index (χ0n) is 13.1. The van der Waals surface area contributed by atoms with E-state index in [2.05, 4.69) is 71.0 Å². The summed E-state index contributed by atoms with van der Waals surface area (Å²) in [6.07, 6.45) is 0. The fourth-order valence-corrected chi connectivity index (χ4v) is 2.20. The van der Waals surface area contributed by atoms with Crippen LogP contribution in [0.5, 0.6) is 11.5 Å². The van der Waals surface area contributed by atoms with E-state index in [-0.39, 0.29) is 5.41 Å². The van der Waals surface area contributed by atoms with Crippen LogP contribution in [0.3, 0.4) is 0 Å². The predicted octanol–water partition coefficient (Wildman–Crippen LogP) is 5.90. The van der Waals surface area contributed by atoms with E-state index in [0.717, 1.165) is 11.5 Å². The fraction of sp³-hybridized carbons (Fsp3) is 0.368. The Morgan fingerprint density at radius 3 is 2.00 bits per heavy atom. The van der Waals surface area contributed by atoms with E-state index in [1.54, 1.807) is 0 Å². The van der Waals surface area contributed by atoms with Crippen LogP contribution in [0.25, 0.3) is 0 Å². The second kappa shape index (κ2) is 5.70. The van der Waals surface area contributed by atoms with E-state index >= 15 is 0 Å². The Morgan fingerprint density at radius 2 is 1.45 bits per heavy atom. The minimum Gasteiger partial charge on any atom is -0.457 e. The maximum absolute atomic E-state index is 6.04. The molecule has 0 saturated heterocycles. The summed E-state index contributed by atoms with van der Waals surface area (Å²) in [5.74, 6) is 2.30. The molecular weight excluding hydrogens is 244 g/mol. The smallest absolute Gasteiger partial charge is 0.130 e. The van der Waals surface area contributed by atoms with Gasteiger partial charge in [0.15, 0.2) is 0 Å². The maximum Gasteiger partial charge on any atom is 0.130 e. The molecule has 0 heterocycles. The van der Waals surface area contributed by atoms with Crippen LogP contribution in [0, 0.1) is 0 Å². The minimum absolute atomic E-state index is 0.175. The van der Waals surface area contributed by atoms with Crippen molar-refractivity contribution < 1.29 is 4.74 Å². The van der Waals surface area contributed by atoms with Gasteiger partial charge in [-0.05, 0) is 40.7 Å². The van der Waals surface area contributed by atoms with Gasteiger partial charge in [-0.2, -0.15) is 0 Å². The monoisotopic (exact) mass is 268 g/mol. The molecule has 0 unspecified atom stereocenters. The number of ether oxygens (including phenoxy) is 1. The van der Waals surface area contributed by atoms with E-state index in [0.29, 0.717) is 5.92 Å². The Bertz CT molecular complexity index is 559. The third-order valence-corrected chi connectivity index (χ3v) is 3.49. The quantitative estimate of drug-likeness (QED) is 0.673. The first-order valence-electron chi connectivity index (χ1n) is 7.25. The molecule has 0 aliphatic rings. The zero-order chi connectivity index (χ0) is 14.8. The lowest BCUT2D eigenvalue weighted by atomic mass is 9.87. The molecule has 106 valence electrons. The average Bonchev–Trinajstić information content (AvgIpc) is 2.38. The molecule has 0 aromatic heterocycles. The molecule has 0 saturated carbocycles. The Balaban J connectivity index is 2.23. The van der Waals surface area contributed by atoms with E-state index < -0.39 is 0 Å². The third-order valence-electron chi connectivity index (χ3n) is 3.49. The van der Waals surface area contributed by atoms with Crippen molar-refractivity contribution in [3.05, 3.63) is 59.7 Å². The van der Waals surface area contributed by atoms with Crippen molar-refractivity contribution in [1.82, 2.24) is 0 Å². The van der Waals surface area contributed by atoms with Crippen molar-refractivity contribution in [2.24, 2.45) is 0 Å². The minimum atomic E-state index is 0.175. The topological polar surface area (TPSA) is 9.23 Å². The number of hydrogen-bond donors (Lipinski definition) is 0. The van der Waals surface area contributed by atoms with Gasteiger partial charge < -0.3 is 4.74 Å². The van der Waals surface area contributed by atoms with Crippen LogP contribution >= 0.6 is 0 Å². The number of benzene rings is 2. The number of rotatable bonds is 3. The lowest BCUT2D eigenvalue weighted by molar-refractivity contribution is 0.472. The van der Waals surface area contributed by atoms with Gasteiger partial charge in [0.05, 0.1) is 0 Å². The van der Waals surface area contributed by atoms with Crippen LogP contribution in [0.1, 0.15) is 51.7 Å². The van der Waals surface area contributed by atoms with Gasteiger partial charge in [0, 0.05) is 0 Å². The molecule has 0 atom stereocenters. The first-order chi connectivity index (χ1) is 9.38. The molecule has 2 aromatic carbocycles. The first kappa shape index (κ1) is 14.6. The summed E-state index contributed by atoms with van der Waals surface area (Å²) in [5.41, 5.74) is 2.74. The molecule has 1 nitrogen and oxygen atoms in total. The van der Waals surface area contributed by atoms with Gasteiger partial charge in [-0.25, -0.2) is 0 Å². The van der Waals surface area contributed by atoms with Crippen molar-refractivity contribution in [2.75, 3.05) is 0 Å². The summed E-state index contributed by atoms with van der Waals surface area (Å²) in [6.45, 7) is 11.0. The van der Waals surface area contributed by atoms with Gasteiger partial charge in [-0.3, -0.25) is 0 Å². The SMILES string of the molecule is CC(C)c1ccccc1Oc1ccc(C(C)(C)C)cc1. The summed E-state index contributed by atoms with van der Waals surface area (Å²) in [4.78, 5) is 0. The normalized spacial score (nSPS) is 11.7. The van der Waals surface area contributed by atoms with Crippen LogP contribution in [0.4, 0.5) is 0 Å². The molecule has 1 heteroatoms. The summed E-state index contributed by atoms with van der Waals surface area (Å²) >= 11 is 0. The van der Waals surface area contributed by atoms with Crippen LogP contribution in [0.2, 0.25) is 0 Å². The third kappa shape index (κ3) is 3.41. The van der Waals surface area contributed by atoms with Gasteiger partial charge in [0.2, 0.25) is 0 Å². The molecule has 0 radical (unpaired) electrons. The molecular formula is C19H24O. The molecule has 0 aliphatic heterocycles. The van der Waals surface area contributed by atoms with Crippen molar-refractivity contribution in [3.63, 3.8) is 0 Å². The average molecular weight is 268 g/mol. The van der Waals surface area contributed by atoms with Crippen molar-refractivity contribution in [1.29, 1.82) is 0 Å².